The number of carbonyl (C=O) groups is 4. The molecule has 4 aliphatic rings. The summed E-state index contributed by atoms with van der Waals surface area (Å²) in [4.78, 5) is 74.9. The fourth-order valence-corrected chi connectivity index (χ4v) is 11.0. The molecule has 1 unspecified atom stereocenters. The highest BCUT2D eigenvalue weighted by Gasteiger charge is 2.42. The number of piperidine rings is 1. The summed E-state index contributed by atoms with van der Waals surface area (Å²) in [5.74, 6) is -4.45. The van der Waals surface area contributed by atoms with Crippen LogP contribution >= 0.6 is 0 Å². The van der Waals surface area contributed by atoms with Gasteiger partial charge in [0.2, 0.25) is 11.8 Å². The molecule has 4 fully saturated rings. The third-order valence-corrected chi connectivity index (χ3v) is 14.6. The smallest absolute Gasteiger partial charge is 0.407 e. The van der Waals surface area contributed by atoms with Crippen LogP contribution in [0.4, 0.5) is 38.5 Å². The Morgan fingerprint density at radius 3 is 1.61 bits per heavy atom. The van der Waals surface area contributed by atoms with Gasteiger partial charge in [-0.3, -0.25) is 9.59 Å². The van der Waals surface area contributed by atoms with Crippen molar-refractivity contribution in [2.45, 2.75) is 121 Å². The van der Waals surface area contributed by atoms with Crippen molar-refractivity contribution >= 4 is 57.4 Å². The number of nitrogens with one attached hydrogen (secondary N) is 4. The summed E-state index contributed by atoms with van der Waals surface area (Å²) in [6, 6.07) is 10.9. The maximum atomic E-state index is 16.4. The minimum absolute atomic E-state index is 0.187. The van der Waals surface area contributed by atoms with E-state index in [-0.39, 0.29) is 60.2 Å². The Morgan fingerprint density at radius 1 is 0.700 bits per heavy atom. The van der Waals surface area contributed by atoms with Crippen molar-refractivity contribution in [2.75, 3.05) is 43.1 Å². The Balaban J connectivity index is 1.04. The molecule has 0 aliphatic carbocycles. The van der Waals surface area contributed by atoms with Gasteiger partial charge in [0.05, 0.1) is 53.3 Å². The zero-order valence-corrected chi connectivity index (χ0v) is 39.9. The van der Waals surface area contributed by atoms with Crippen molar-refractivity contribution in [1.29, 1.82) is 0 Å². The summed E-state index contributed by atoms with van der Waals surface area (Å²) in [7, 11) is 1.25. The largest absolute Gasteiger partial charge is 0.465 e. The van der Waals surface area contributed by atoms with Crippen molar-refractivity contribution < 1.29 is 46.6 Å². The third-order valence-electron chi connectivity index (χ3n) is 14.6. The number of benzene rings is 3. The number of methoxy groups -OCH3 is 1. The number of alkyl carbamates (subject to hydrolysis) is 1. The monoisotopic (exact) mass is 972 g/mol. The summed E-state index contributed by atoms with van der Waals surface area (Å²) < 4.78 is 65.8. The second kappa shape index (κ2) is 19.3. The van der Waals surface area contributed by atoms with Gasteiger partial charge in [0.1, 0.15) is 29.4 Å². The zero-order valence-electron chi connectivity index (χ0n) is 39.9. The van der Waals surface area contributed by atoms with E-state index in [0.29, 0.717) is 78.9 Å². The number of aromatic amines is 2. The second-order valence-electron chi connectivity index (χ2n) is 19.8. The molecule has 0 bridgehead atoms. The lowest BCUT2D eigenvalue weighted by Gasteiger charge is -2.36. The number of imidazole rings is 2. The van der Waals surface area contributed by atoms with Crippen LogP contribution in [0, 0.1) is 23.5 Å². The first kappa shape index (κ1) is 48.4. The van der Waals surface area contributed by atoms with Crippen molar-refractivity contribution in [3.8, 4) is 0 Å². The molecule has 6 heterocycles. The van der Waals surface area contributed by atoms with Crippen LogP contribution in [0.5, 0.6) is 0 Å². The molecule has 0 radical (unpaired) electrons. The minimum Gasteiger partial charge on any atom is -0.465 e. The van der Waals surface area contributed by atoms with E-state index in [9.17, 15) is 33.1 Å². The van der Waals surface area contributed by atoms with Crippen LogP contribution in [0.15, 0.2) is 48.5 Å². The molecule has 6 atom stereocenters. The van der Waals surface area contributed by atoms with Crippen molar-refractivity contribution in [1.82, 2.24) is 40.4 Å². The fraction of sp³-hybridized carbons (Fsp3) is 0.520. The van der Waals surface area contributed by atoms with Gasteiger partial charge in [-0.2, -0.15) is 0 Å². The highest BCUT2D eigenvalue weighted by Crippen LogP contribution is 2.49. The lowest BCUT2D eigenvalue weighted by Crippen LogP contribution is -2.51. The van der Waals surface area contributed by atoms with E-state index in [0.717, 1.165) is 17.5 Å². The van der Waals surface area contributed by atoms with E-state index in [1.165, 1.54) is 24.1 Å². The SMILES string of the molecule is COC(=O)N[C@H](C(=O)N1CCC[C@H]1c1nc2ccc([C@H]3CC[C@H](c4ccc5nc([C@@H]6CCCN6C(=O)C(NC(=O)O)C(C)C)[nH]c5c4)N3c3cc(F)c(N4CCC(F)(F)CC4)c(F)c3)cc2[nH]1)C(C)C. The van der Waals surface area contributed by atoms with Crippen LogP contribution in [-0.2, 0) is 14.3 Å². The summed E-state index contributed by atoms with van der Waals surface area (Å²) >= 11 is 0. The lowest BCUT2D eigenvalue weighted by molar-refractivity contribution is -0.136. The number of hydrogen-bond acceptors (Lipinski definition) is 9. The normalized spacial score (nSPS) is 22.4. The Kier molecular flexibility index (Phi) is 13.4. The number of likely N-dealkylation sites (tertiary alicyclic amines) is 2. The van der Waals surface area contributed by atoms with Crippen LogP contribution < -0.4 is 20.4 Å². The van der Waals surface area contributed by atoms with E-state index < -0.39 is 66.8 Å². The summed E-state index contributed by atoms with van der Waals surface area (Å²) in [6.45, 7) is 7.85. The highest BCUT2D eigenvalue weighted by molar-refractivity contribution is 5.87. The number of fused-ring (bicyclic) bond motifs is 2. The molecule has 5 N–H and O–H groups in total. The standard InChI is InChI=1S/C50H60F4N10O6/c1-26(2)41(59-48(67)68)46(65)62-18-6-8-39(62)44-55-33-12-10-28(22-35(33)57-44)37-14-15-38(64(37)30-24-31(51)43(32(52)25-30)61-20-16-50(53,54)17-21-61)29-11-13-34-36(23-29)58-45(56-34)40-9-7-19-63(40)47(66)42(27(3)4)60-49(69)70-5/h10-13,22-27,37-42,59H,6-9,14-21H2,1-5H3,(H,55,57)(H,56,58)(H,60,69)(H,67,68)/t37-,38-,39+,40+,41?,42+/m1/s1. The van der Waals surface area contributed by atoms with Crippen LogP contribution in [0.1, 0.15) is 126 Å². The average Bonchev–Trinajstić information content (AvgIpc) is 4.18. The molecule has 0 spiro atoms. The molecule has 0 saturated carbocycles. The molecule has 4 aliphatic heterocycles. The summed E-state index contributed by atoms with van der Waals surface area (Å²) in [6.07, 6.45) is 0.948. The van der Waals surface area contributed by atoms with E-state index in [1.807, 2.05) is 55.1 Å². The number of hydrogen-bond donors (Lipinski definition) is 5. The van der Waals surface area contributed by atoms with Gasteiger partial charge in [-0.15, -0.1) is 0 Å². The Hall–Kier alpha value is -6.60. The van der Waals surface area contributed by atoms with E-state index in [2.05, 4.69) is 20.6 Å². The van der Waals surface area contributed by atoms with Crippen LogP contribution in [-0.4, -0.2) is 110 Å². The van der Waals surface area contributed by atoms with Gasteiger partial charge >= 0.3 is 12.2 Å². The maximum Gasteiger partial charge on any atom is 0.407 e. The number of anilines is 2. The van der Waals surface area contributed by atoms with Gasteiger partial charge in [0.15, 0.2) is 11.6 Å². The van der Waals surface area contributed by atoms with Crippen LogP contribution in [0.25, 0.3) is 22.1 Å². The number of amides is 4. The van der Waals surface area contributed by atoms with Gasteiger partial charge < -0.3 is 50.0 Å². The molecule has 70 heavy (non-hydrogen) atoms. The number of H-pyrrole nitrogens is 2. The molecule has 4 saturated heterocycles. The second-order valence-corrected chi connectivity index (χ2v) is 19.8. The minimum atomic E-state index is -2.90. The number of alkyl halides is 2. The Bertz CT molecular complexity index is 2770. The highest BCUT2D eigenvalue weighted by atomic mass is 19.3. The Labute approximate surface area is 402 Å². The fourth-order valence-electron chi connectivity index (χ4n) is 11.0. The van der Waals surface area contributed by atoms with Crippen LogP contribution in [0.2, 0.25) is 0 Å². The quantitative estimate of drug-likeness (QED) is 0.0754. The molecule has 374 valence electrons. The lowest BCUT2D eigenvalue weighted by atomic mass is 10.0. The van der Waals surface area contributed by atoms with E-state index >= 15 is 8.78 Å². The summed E-state index contributed by atoms with van der Waals surface area (Å²) in [5, 5.41) is 14.5. The van der Waals surface area contributed by atoms with E-state index in [4.69, 9.17) is 14.7 Å². The van der Waals surface area contributed by atoms with Gasteiger partial charge in [0.25, 0.3) is 5.92 Å². The first-order valence-electron chi connectivity index (χ1n) is 24.3. The zero-order chi connectivity index (χ0) is 49.8. The number of ether oxygens (including phenoxy) is 1. The van der Waals surface area contributed by atoms with E-state index in [1.54, 1.807) is 23.6 Å². The molecule has 4 amide bonds. The summed E-state index contributed by atoms with van der Waals surface area (Å²) in [5.41, 5.74) is 4.36. The topological polar surface area (TPSA) is 192 Å². The molecule has 5 aromatic rings. The van der Waals surface area contributed by atoms with Crippen LogP contribution in [0.3, 0.4) is 0 Å². The van der Waals surface area contributed by atoms with Crippen molar-refractivity contribution in [3.63, 3.8) is 0 Å². The first-order valence-corrected chi connectivity index (χ1v) is 24.3. The molecule has 2 aromatic heterocycles. The number of rotatable bonds is 12. The van der Waals surface area contributed by atoms with Gasteiger partial charge in [-0.05, 0) is 97.9 Å². The first-order chi connectivity index (χ1) is 33.4. The molecule has 9 rings (SSSR count). The molecule has 16 nitrogen and oxygen atoms in total. The predicted molar refractivity (Wildman–Crippen MR) is 253 cm³/mol. The number of carbonyl (C=O) groups excluding carboxylic acids is 3. The van der Waals surface area contributed by atoms with Crippen molar-refractivity contribution in [3.05, 3.63) is 82.9 Å². The average molecular weight is 973 g/mol. The Morgan fingerprint density at radius 2 is 1.17 bits per heavy atom. The molecule has 3 aromatic carbocycles. The van der Waals surface area contributed by atoms with Gasteiger partial charge in [-0.1, -0.05) is 39.8 Å². The number of halogens is 4. The number of carboxylic acid groups (broad SMARTS) is 1. The maximum absolute atomic E-state index is 16.4. The number of nitrogens with zero attached hydrogens (tertiary/aromatic N) is 6. The molecular weight excluding hydrogens is 913 g/mol. The van der Waals surface area contributed by atoms with Gasteiger partial charge in [-0.25, -0.2) is 37.1 Å². The predicted octanol–water partition coefficient (Wildman–Crippen LogP) is 9.04. The van der Waals surface area contributed by atoms with Gasteiger partial charge in [0, 0.05) is 44.7 Å². The third kappa shape index (κ3) is 9.40. The number of aromatic nitrogens is 4. The molecule has 20 heteroatoms. The molecular formula is C50H60F4N10O6. The van der Waals surface area contributed by atoms with Crippen molar-refractivity contribution in [2.24, 2.45) is 11.8 Å².